The zero-order valence-corrected chi connectivity index (χ0v) is 20.5. The molecule has 7 nitrogen and oxygen atoms in total. The average Bonchev–Trinajstić information content (AvgIpc) is 3.46. The molecular weight excluding hydrogens is 524 g/mol. The Morgan fingerprint density at radius 2 is 1.82 bits per heavy atom. The van der Waals surface area contributed by atoms with E-state index in [9.17, 15) is 0 Å². The Morgan fingerprint density at radius 1 is 1.00 bits per heavy atom. The molecular formula is C23H16BrClN6OS. The first-order valence-corrected chi connectivity index (χ1v) is 12.1. The van der Waals surface area contributed by atoms with E-state index < -0.39 is 0 Å². The molecule has 33 heavy (non-hydrogen) atoms. The SMILES string of the molecule is Cc1ccc(-c2nnc(CSc3nnc(-c4ccncc4)n3-c3ccccc3Cl)o2)c(Br)c1. The van der Waals surface area contributed by atoms with Crippen molar-refractivity contribution < 1.29 is 4.42 Å². The molecule has 0 aliphatic carbocycles. The van der Waals surface area contributed by atoms with Crippen LogP contribution in [0.5, 0.6) is 0 Å². The number of hydrogen-bond acceptors (Lipinski definition) is 7. The van der Waals surface area contributed by atoms with Crippen LogP contribution in [0.1, 0.15) is 11.5 Å². The van der Waals surface area contributed by atoms with Crippen LogP contribution in [-0.2, 0) is 5.75 Å². The fourth-order valence-electron chi connectivity index (χ4n) is 3.24. The van der Waals surface area contributed by atoms with E-state index in [4.69, 9.17) is 16.0 Å². The molecule has 3 heterocycles. The van der Waals surface area contributed by atoms with Crippen LogP contribution in [0, 0.1) is 6.92 Å². The lowest BCUT2D eigenvalue weighted by Gasteiger charge is -2.11. The highest BCUT2D eigenvalue weighted by molar-refractivity contribution is 9.10. The molecule has 0 bridgehead atoms. The fourth-order valence-corrected chi connectivity index (χ4v) is 4.91. The zero-order valence-electron chi connectivity index (χ0n) is 17.3. The molecule has 10 heteroatoms. The van der Waals surface area contributed by atoms with Crippen molar-refractivity contribution in [2.75, 3.05) is 0 Å². The predicted octanol–water partition coefficient (Wildman–Crippen LogP) is 6.40. The summed E-state index contributed by atoms with van der Waals surface area (Å²) in [5.74, 6) is 2.04. The molecule has 0 spiro atoms. The van der Waals surface area contributed by atoms with Crippen molar-refractivity contribution in [1.82, 2.24) is 29.9 Å². The molecule has 0 aliphatic heterocycles. The second-order valence-corrected chi connectivity index (χ2v) is 9.31. The number of hydrogen-bond donors (Lipinski definition) is 0. The van der Waals surface area contributed by atoms with E-state index >= 15 is 0 Å². The molecule has 0 atom stereocenters. The van der Waals surface area contributed by atoms with Crippen molar-refractivity contribution in [1.29, 1.82) is 0 Å². The third-order valence-electron chi connectivity index (χ3n) is 4.81. The number of aromatic nitrogens is 6. The second-order valence-electron chi connectivity index (χ2n) is 7.10. The summed E-state index contributed by atoms with van der Waals surface area (Å²) < 4.78 is 8.74. The van der Waals surface area contributed by atoms with E-state index in [1.54, 1.807) is 12.4 Å². The van der Waals surface area contributed by atoms with E-state index in [1.165, 1.54) is 11.8 Å². The Balaban J connectivity index is 1.46. The van der Waals surface area contributed by atoms with Gasteiger partial charge in [0.2, 0.25) is 11.8 Å². The number of benzene rings is 2. The van der Waals surface area contributed by atoms with Crippen molar-refractivity contribution >= 4 is 39.3 Å². The number of aryl methyl sites for hydroxylation is 1. The van der Waals surface area contributed by atoms with E-state index in [0.29, 0.717) is 33.5 Å². The monoisotopic (exact) mass is 538 g/mol. The first-order valence-electron chi connectivity index (χ1n) is 9.92. The van der Waals surface area contributed by atoms with Gasteiger partial charge in [0.15, 0.2) is 11.0 Å². The molecule has 3 aromatic heterocycles. The molecule has 0 unspecified atom stereocenters. The van der Waals surface area contributed by atoms with Crippen LogP contribution >= 0.6 is 39.3 Å². The van der Waals surface area contributed by atoms with Crippen molar-refractivity contribution in [3.8, 4) is 28.5 Å². The molecule has 0 amide bonds. The third kappa shape index (κ3) is 4.57. The van der Waals surface area contributed by atoms with Gasteiger partial charge in [-0.15, -0.1) is 20.4 Å². The van der Waals surface area contributed by atoms with Gasteiger partial charge in [0.05, 0.1) is 22.0 Å². The summed E-state index contributed by atoms with van der Waals surface area (Å²) in [4.78, 5) is 4.09. The van der Waals surface area contributed by atoms with E-state index in [1.807, 2.05) is 66.1 Å². The molecule has 164 valence electrons. The minimum Gasteiger partial charge on any atom is -0.420 e. The maximum absolute atomic E-state index is 6.52. The fraction of sp³-hybridized carbons (Fsp3) is 0.0870. The summed E-state index contributed by atoms with van der Waals surface area (Å²) >= 11 is 11.5. The maximum atomic E-state index is 6.52. The Morgan fingerprint density at radius 3 is 2.61 bits per heavy atom. The lowest BCUT2D eigenvalue weighted by atomic mass is 10.1. The van der Waals surface area contributed by atoms with E-state index in [0.717, 1.165) is 26.9 Å². The third-order valence-corrected chi connectivity index (χ3v) is 6.70. The lowest BCUT2D eigenvalue weighted by molar-refractivity contribution is 0.528. The van der Waals surface area contributed by atoms with E-state index in [-0.39, 0.29) is 0 Å². The highest BCUT2D eigenvalue weighted by atomic mass is 79.9. The summed E-state index contributed by atoms with van der Waals surface area (Å²) in [5, 5.41) is 18.5. The Labute approximate surface area is 207 Å². The van der Waals surface area contributed by atoms with Gasteiger partial charge in [-0.2, -0.15) is 0 Å². The van der Waals surface area contributed by atoms with Gasteiger partial charge in [-0.3, -0.25) is 9.55 Å². The molecule has 0 N–H and O–H groups in total. The largest absolute Gasteiger partial charge is 0.420 e. The van der Waals surface area contributed by atoms with Crippen LogP contribution in [-0.4, -0.2) is 29.9 Å². The quantitative estimate of drug-likeness (QED) is 0.231. The summed E-state index contributed by atoms with van der Waals surface area (Å²) in [6.07, 6.45) is 3.44. The normalized spacial score (nSPS) is 11.1. The van der Waals surface area contributed by atoms with Crippen LogP contribution in [0.4, 0.5) is 0 Å². The molecule has 0 radical (unpaired) electrons. The first kappa shape index (κ1) is 21.8. The number of rotatable bonds is 6. The first-order chi connectivity index (χ1) is 16.1. The molecule has 0 aliphatic rings. The van der Waals surface area contributed by atoms with Gasteiger partial charge in [-0.05, 0) is 64.8 Å². The molecule has 0 saturated heterocycles. The topological polar surface area (TPSA) is 82.5 Å². The maximum Gasteiger partial charge on any atom is 0.248 e. The highest BCUT2D eigenvalue weighted by Gasteiger charge is 2.19. The van der Waals surface area contributed by atoms with Crippen LogP contribution in [0.15, 0.2) is 81.0 Å². The van der Waals surface area contributed by atoms with E-state index in [2.05, 4.69) is 41.3 Å². The predicted molar refractivity (Wildman–Crippen MR) is 131 cm³/mol. The summed E-state index contributed by atoms with van der Waals surface area (Å²) in [6.45, 7) is 2.03. The Kier molecular flexibility index (Phi) is 6.26. The van der Waals surface area contributed by atoms with Gasteiger partial charge in [0.1, 0.15) is 0 Å². The van der Waals surface area contributed by atoms with Crippen LogP contribution in [0.3, 0.4) is 0 Å². The van der Waals surface area contributed by atoms with Crippen molar-refractivity contribution in [2.24, 2.45) is 0 Å². The van der Waals surface area contributed by atoms with Gasteiger partial charge in [-0.1, -0.05) is 41.6 Å². The van der Waals surface area contributed by atoms with Crippen LogP contribution in [0.25, 0.3) is 28.5 Å². The Hall–Kier alpha value is -3.01. The summed E-state index contributed by atoms with van der Waals surface area (Å²) in [5.41, 5.74) is 3.66. The minimum absolute atomic E-state index is 0.426. The Bertz CT molecular complexity index is 1420. The number of nitrogens with zero attached hydrogens (tertiary/aromatic N) is 6. The van der Waals surface area contributed by atoms with Gasteiger partial charge in [0.25, 0.3) is 0 Å². The molecule has 5 rings (SSSR count). The second kappa shape index (κ2) is 9.46. The lowest BCUT2D eigenvalue weighted by Crippen LogP contribution is -2.00. The van der Waals surface area contributed by atoms with Crippen molar-refractivity contribution in [2.45, 2.75) is 17.8 Å². The molecule has 0 saturated carbocycles. The standard InChI is InChI=1S/C23H16BrClN6OS/c1-14-6-7-16(17(24)12-14)22-29-27-20(32-22)13-33-23-30-28-21(15-8-10-26-11-9-15)31(23)19-5-3-2-4-18(19)25/h2-12H,13H2,1H3. The number of thioether (sulfide) groups is 1. The summed E-state index contributed by atoms with van der Waals surface area (Å²) in [7, 11) is 0. The van der Waals surface area contributed by atoms with Gasteiger partial charge >= 0.3 is 0 Å². The molecule has 5 aromatic rings. The highest BCUT2D eigenvalue weighted by Crippen LogP contribution is 2.33. The number of pyridine rings is 1. The summed E-state index contributed by atoms with van der Waals surface area (Å²) in [6, 6.07) is 17.3. The van der Waals surface area contributed by atoms with Gasteiger partial charge in [-0.25, -0.2) is 0 Å². The van der Waals surface area contributed by atoms with Crippen molar-refractivity contribution in [3.05, 3.63) is 87.9 Å². The molecule has 0 fully saturated rings. The van der Waals surface area contributed by atoms with Crippen LogP contribution < -0.4 is 0 Å². The smallest absolute Gasteiger partial charge is 0.248 e. The zero-order chi connectivity index (χ0) is 22.8. The van der Waals surface area contributed by atoms with Crippen LogP contribution in [0.2, 0.25) is 5.02 Å². The molecule has 2 aromatic carbocycles. The van der Waals surface area contributed by atoms with Gasteiger partial charge in [0, 0.05) is 22.4 Å². The average molecular weight is 540 g/mol. The minimum atomic E-state index is 0.426. The van der Waals surface area contributed by atoms with Gasteiger partial charge < -0.3 is 4.42 Å². The number of halogens is 2. The van der Waals surface area contributed by atoms with Crippen molar-refractivity contribution in [3.63, 3.8) is 0 Å². The number of para-hydroxylation sites is 1.